The highest BCUT2D eigenvalue weighted by Gasteiger charge is 2.21. The molecule has 0 atom stereocenters. The Morgan fingerprint density at radius 2 is 1.90 bits per heavy atom. The number of nitrogens with zero attached hydrogens (tertiary/aromatic N) is 3. The quantitative estimate of drug-likeness (QED) is 0.162. The van der Waals surface area contributed by atoms with Gasteiger partial charge >= 0.3 is 11.9 Å². The fraction of sp³-hybridized carbons (Fsp3) is 0.364. The van der Waals surface area contributed by atoms with E-state index < -0.39 is 5.97 Å². The minimum absolute atomic E-state index is 0. The van der Waals surface area contributed by atoms with Crippen LogP contribution in [-0.4, -0.2) is 25.2 Å². The lowest BCUT2D eigenvalue weighted by molar-refractivity contribution is -0.139. The lowest BCUT2D eigenvalue weighted by Crippen LogP contribution is -2.06. The van der Waals surface area contributed by atoms with Gasteiger partial charge in [-0.3, -0.25) is 0 Å². The number of fused-ring (bicyclic) bond motifs is 1. The van der Waals surface area contributed by atoms with Gasteiger partial charge in [0, 0.05) is 31.5 Å². The third-order valence-corrected chi connectivity index (χ3v) is 5.82. The molecule has 166 valence electrons. The van der Waals surface area contributed by atoms with Crippen LogP contribution in [0.4, 0.5) is 0 Å². The van der Waals surface area contributed by atoms with Crippen molar-refractivity contribution in [1.29, 1.82) is 0 Å². The van der Waals surface area contributed by atoms with E-state index in [2.05, 4.69) is 23.0 Å². The number of thiophene rings is 2. The van der Waals surface area contributed by atoms with Crippen LogP contribution in [-0.2, 0) is 25.5 Å². The third kappa shape index (κ3) is 7.71. The Morgan fingerprint density at radius 1 is 1.19 bits per heavy atom. The monoisotopic (exact) mass is 461 g/mol. The van der Waals surface area contributed by atoms with Crippen molar-refractivity contribution in [2.45, 2.75) is 41.5 Å². The van der Waals surface area contributed by atoms with E-state index in [0.29, 0.717) is 6.61 Å². The third-order valence-electron chi connectivity index (χ3n) is 3.87. The summed E-state index contributed by atoms with van der Waals surface area (Å²) in [4.78, 5) is 29.1. The van der Waals surface area contributed by atoms with Crippen molar-refractivity contribution in [3.05, 3.63) is 65.0 Å². The number of azide groups is 1. The SMILES string of the molecule is C.CCOC(=O)/C(=C/c1csc(C)c1)N=[N+]=[N-].CCOC(=O)C1=Cc2cc(C)sc2C1. The van der Waals surface area contributed by atoms with Gasteiger partial charge in [-0.25, -0.2) is 9.59 Å². The molecular weight excluding hydrogens is 434 g/mol. The maximum absolute atomic E-state index is 11.4. The van der Waals surface area contributed by atoms with Gasteiger partial charge in [0.05, 0.1) is 13.2 Å². The van der Waals surface area contributed by atoms with Crippen LogP contribution in [0.1, 0.15) is 47.0 Å². The lowest BCUT2D eigenvalue weighted by Gasteiger charge is -2.00. The normalized spacial score (nSPS) is 11.7. The fourth-order valence-electron chi connectivity index (χ4n) is 2.69. The Kier molecular flexibility index (Phi) is 10.8. The molecule has 0 radical (unpaired) electrons. The molecular formula is C22H27N3O4S2. The molecule has 1 aliphatic rings. The second kappa shape index (κ2) is 12.7. The molecule has 9 heteroatoms. The van der Waals surface area contributed by atoms with Gasteiger partial charge in [-0.05, 0) is 74.0 Å². The van der Waals surface area contributed by atoms with Crippen LogP contribution in [0, 0.1) is 13.8 Å². The number of hydrogen-bond donors (Lipinski definition) is 0. The van der Waals surface area contributed by atoms with Crippen molar-refractivity contribution < 1.29 is 19.1 Å². The Hall–Kier alpha value is -2.87. The van der Waals surface area contributed by atoms with Gasteiger partial charge in [-0.15, -0.1) is 22.7 Å². The molecule has 0 unspecified atom stereocenters. The second-order valence-corrected chi connectivity index (χ2v) is 8.69. The maximum Gasteiger partial charge on any atom is 0.340 e. The fourth-order valence-corrected chi connectivity index (χ4v) is 4.39. The number of carbonyl (C=O) groups excluding carboxylic acids is 2. The summed E-state index contributed by atoms with van der Waals surface area (Å²) in [7, 11) is 0. The summed E-state index contributed by atoms with van der Waals surface area (Å²) in [6.07, 6.45) is 4.20. The second-order valence-electron chi connectivity index (χ2n) is 6.23. The topological polar surface area (TPSA) is 101 Å². The number of esters is 2. The van der Waals surface area contributed by atoms with Crippen LogP contribution in [0.3, 0.4) is 0 Å². The highest BCUT2D eigenvalue weighted by atomic mass is 32.1. The molecule has 0 N–H and O–H groups in total. The molecule has 0 fully saturated rings. The van der Waals surface area contributed by atoms with E-state index in [1.807, 2.05) is 31.4 Å². The average molecular weight is 462 g/mol. The minimum atomic E-state index is -0.607. The molecule has 0 saturated heterocycles. The van der Waals surface area contributed by atoms with Gasteiger partial charge in [0.1, 0.15) is 5.70 Å². The van der Waals surface area contributed by atoms with E-state index in [9.17, 15) is 9.59 Å². The predicted octanol–water partition coefficient (Wildman–Crippen LogP) is 6.47. The zero-order valence-corrected chi connectivity index (χ0v) is 18.9. The molecule has 0 spiro atoms. The van der Waals surface area contributed by atoms with Gasteiger partial charge in [-0.1, -0.05) is 12.5 Å². The van der Waals surface area contributed by atoms with Gasteiger partial charge < -0.3 is 9.47 Å². The lowest BCUT2D eigenvalue weighted by atomic mass is 10.2. The van der Waals surface area contributed by atoms with E-state index in [0.717, 1.165) is 22.4 Å². The zero-order chi connectivity index (χ0) is 22.1. The van der Waals surface area contributed by atoms with E-state index in [1.165, 1.54) is 21.4 Å². The predicted molar refractivity (Wildman–Crippen MR) is 127 cm³/mol. The summed E-state index contributed by atoms with van der Waals surface area (Å²) in [5.41, 5.74) is 11.1. The number of carbonyl (C=O) groups is 2. The number of rotatable bonds is 6. The van der Waals surface area contributed by atoms with Crippen molar-refractivity contribution in [3.63, 3.8) is 0 Å². The molecule has 7 nitrogen and oxygen atoms in total. The smallest absolute Gasteiger partial charge is 0.340 e. The van der Waals surface area contributed by atoms with Crippen LogP contribution in [0.15, 0.2) is 33.9 Å². The molecule has 1 aliphatic carbocycles. The molecule has 2 aromatic heterocycles. The highest BCUT2D eigenvalue weighted by molar-refractivity contribution is 7.12. The molecule has 3 rings (SSSR count). The largest absolute Gasteiger partial charge is 0.463 e. The molecule has 0 aliphatic heterocycles. The molecule has 2 heterocycles. The summed E-state index contributed by atoms with van der Waals surface area (Å²) in [6, 6.07) is 4.02. The molecule has 0 aromatic carbocycles. The van der Waals surface area contributed by atoms with Crippen LogP contribution in [0.25, 0.3) is 22.6 Å². The van der Waals surface area contributed by atoms with Crippen molar-refractivity contribution >= 4 is 46.8 Å². The van der Waals surface area contributed by atoms with Crippen molar-refractivity contribution in [3.8, 4) is 0 Å². The standard InChI is InChI=1S/C11H12O2S.C10H11N3O2S.CH4/c1-3-13-11(12)9-5-8-4-7(2)14-10(8)6-9;1-3-15-10(14)9(12-13-11)5-8-4-7(2)16-6-8;/h4-5H,3,6H2,1-2H3;4-6H,3H2,1-2H3;1H4/b;9-5-;. The Morgan fingerprint density at radius 3 is 2.45 bits per heavy atom. The average Bonchev–Trinajstić information content (AvgIpc) is 3.37. The summed E-state index contributed by atoms with van der Waals surface area (Å²) in [6.45, 7) is 8.26. The number of aryl methyl sites for hydroxylation is 2. The van der Waals surface area contributed by atoms with Crippen LogP contribution < -0.4 is 0 Å². The zero-order valence-electron chi connectivity index (χ0n) is 17.3. The van der Waals surface area contributed by atoms with Crippen molar-refractivity contribution in [1.82, 2.24) is 0 Å². The molecule has 0 amide bonds. The summed E-state index contributed by atoms with van der Waals surface area (Å²) in [5, 5.41) is 5.20. The Bertz CT molecular complexity index is 1030. The van der Waals surface area contributed by atoms with Gasteiger partial charge in [0.15, 0.2) is 0 Å². The van der Waals surface area contributed by atoms with Gasteiger partial charge in [0.2, 0.25) is 0 Å². The summed E-state index contributed by atoms with van der Waals surface area (Å²) in [5.74, 6) is -0.780. The highest BCUT2D eigenvalue weighted by Crippen LogP contribution is 2.32. The van der Waals surface area contributed by atoms with E-state index in [1.54, 1.807) is 29.6 Å². The van der Waals surface area contributed by atoms with E-state index in [-0.39, 0.29) is 25.7 Å². The van der Waals surface area contributed by atoms with Crippen LogP contribution in [0.2, 0.25) is 0 Å². The summed E-state index contributed by atoms with van der Waals surface area (Å²) < 4.78 is 9.72. The first kappa shape index (κ1) is 26.2. The Labute approximate surface area is 190 Å². The molecule has 0 bridgehead atoms. The number of ether oxygens (including phenoxy) is 2. The minimum Gasteiger partial charge on any atom is -0.463 e. The number of hydrogen-bond acceptors (Lipinski definition) is 7. The maximum atomic E-state index is 11.4. The van der Waals surface area contributed by atoms with E-state index >= 15 is 0 Å². The van der Waals surface area contributed by atoms with Gasteiger partial charge in [0.25, 0.3) is 0 Å². The van der Waals surface area contributed by atoms with Crippen molar-refractivity contribution in [2.75, 3.05) is 13.2 Å². The molecule has 31 heavy (non-hydrogen) atoms. The first-order valence-corrected chi connectivity index (χ1v) is 11.0. The van der Waals surface area contributed by atoms with Crippen LogP contribution in [0.5, 0.6) is 0 Å². The molecule has 2 aromatic rings. The van der Waals surface area contributed by atoms with Gasteiger partial charge in [-0.2, -0.15) is 0 Å². The summed E-state index contributed by atoms with van der Waals surface area (Å²) >= 11 is 3.31. The Balaban J connectivity index is 0.000000302. The van der Waals surface area contributed by atoms with E-state index in [4.69, 9.17) is 15.0 Å². The first-order valence-electron chi connectivity index (χ1n) is 9.33. The first-order chi connectivity index (χ1) is 14.4. The molecule has 0 saturated carbocycles. The van der Waals surface area contributed by atoms with Crippen LogP contribution >= 0.6 is 22.7 Å². The van der Waals surface area contributed by atoms with Crippen molar-refractivity contribution in [2.24, 2.45) is 5.11 Å².